The summed E-state index contributed by atoms with van der Waals surface area (Å²) in [5.41, 5.74) is 11.1. The molecule has 0 aromatic rings. The average Bonchev–Trinajstić information content (AvgIpc) is 2.80. The number of imide groups is 1. The average molecular weight is 271 g/mol. The van der Waals surface area contributed by atoms with E-state index in [2.05, 4.69) is 5.32 Å². The smallest absolute Gasteiger partial charge is 0.305 e. The molecule has 1 aliphatic carbocycles. The lowest BCUT2D eigenvalue weighted by molar-refractivity contribution is -0.140. The molecule has 19 heavy (non-hydrogen) atoms. The van der Waals surface area contributed by atoms with Crippen molar-refractivity contribution < 1.29 is 19.5 Å². The van der Waals surface area contributed by atoms with E-state index < -0.39 is 36.3 Å². The zero-order valence-corrected chi connectivity index (χ0v) is 10.8. The molecule has 1 saturated carbocycles. The van der Waals surface area contributed by atoms with Crippen LogP contribution in [0.3, 0.4) is 0 Å². The van der Waals surface area contributed by atoms with Gasteiger partial charge >= 0.3 is 5.97 Å². The Bertz CT molecular complexity index is 353. The summed E-state index contributed by atoms with van der Waals surface area (Å²) in [5.74, 6) is -2.14. The maximum absolute atomic E-state index is 11.7. The Morgan fingerprint density at radius 1 is 1.11 bits per heavy atom. The van der Waals surface area contributed by atoms with Crippen LogP contribution < -0.4 is 16.8 Å². The molecule has 1 rings (SSSR count). The van der Waals surface area contributed by atoms with Crippen LogP contribution in [0.5, 0.6) is 0 Å². The van der Waals surface area contributed by atoms with E-state index in [9.17, 15) is 14.4 Å². The van der Waals surface area contributed by atoms with E-state index in [1.807, 2.05) is 0 Å². The molecular weight excluding hydrogens is 250 g/mol. The number of hydrogen-bond acceptors (Lipinski definition) is 5. The van der Waals surface area contributed by atoms with Gasteiger partial charge in [-0.1, -0.05) is 25.7 Å². The molecule has 6 N–H and O–H groups in total. The van der Waals surface area contributed by atoms with E-state index in [4.69, 9.17) is 16.6 Å². The fourth-order valence-corrected chi connectivity index (χ4v) is 2.30. The largest absolute Gasteiger partial charge is 0.481 e. The van der Waals surface area contributed by atoms with Gasteiger partial charge in [0, 0.05) is 0 Å². The van der Waals surface area contributed by atoms with E-state index in [1.54, 1.807) is 0 Å². The molecule has 0 saturated heterocycles. The molecular formula is C12H21N3O4. The van der Waals surface area contributed by atoms with Gasteiger partial charge in [-0.25, -0.2) is 0 Å². The van der Waals surface area contributed by atoms with E-state index >= 15 is 0 Å². The molecule has 7 heteroatoms. The predicted octanol–water partition coefficient (Wildman–Crippen LogP) is -0.661. The van der Waals surface area contributed by atoms with Gasteiger partial charge in [-0.3, -0.25) is 19.7 Å². The van der Waals surface area contributed by atoms with Gasteiger partial charge < -0.3 is 16.6 Å². The van der Waals surface area contributed by atoms with Crippen LogP contribution in [0.25, 0.3) is 0 Å². The number of carbonyl (C=O) groups is 3. The minimum absolute atomic E-state index is 0.434. The quantitative estimate of drug-likeness (QED) is 0.506. The first-order chi connectivity index (χ1) is 8.90. The standard InChI is InChI=1S/C12H21N3O4/c13-8(5-7-3-1-2-4-7)11(18)15-12(19)9(14)6-10(16)17/h7-9H,1-6,13-14H2,(H,16,17)(H,15,18,19)/t8?,9-/m0/s1. The number of carbonyl (C=O) groups excluding carboxylic acids is 2. The molecule has 2 atom stereocenters. The number of nitrogens with one attached hydrogen (secondary N) is 1. The van der Waals surface area contributed by atoms with Crippen molar-refractivity contribution in [3.8, 4) is 0 Å². The van der Waals surface area contributed by atoms with Gasteiger partial charge in [-0.2, -0.15) is 0 Å². The van der Waals surface area contributed by atoms with Gasteiger partial charge in [0.25, 0.3) is 0 Å². The van der Waals surface area contributed by atoms with Crippen LogP contribution in [-0.4, -0.2) is 35.0 Å². The summed E-state index contributed by atoms with van der Waals surface area (Å²) in [6.07, 6.45) is 4.47. The van der Waals surface area contributed by atoms with Crippen molar-refractivity contribution in [2.24, 2.45) is 17.4 Å². The van der Waals surface area contributed by atoms with Crippen LogP contribution in [-0.2, 0) is 14.4 Å². The van der Waals surface area contributed by atoms with Gasteiger partial charge in [0.1, 0.15) is 0 Å². The minimum Gasteiger partial charge on any atom is -0.481 e. The third kappa shape index (κ3) is 5.35. The van der Waals surface area contributed by atoms with E-state index in [0.717, 1.165) is 25.7 Å². The number of nitrogens with two attached hydrogens (primary N) is 2. The Labute approximate surface area is 111 Å². The normalized spacial score (nSPS) is 18.8. The van der Waals surface area contributed by atoms with Crippen LogP contribution in [0.4, 0.5) is 0 Å². The minimum atomic E-state index is -1.24. The molecule has 0 aliphatic heterocycles. The summed E-state index contributed by atoms with van der Waals surface area (Å²) >= 11 is 0. The molecule has 0 heterocycles. The molecule has 0 aromatic carbocycles. The summed E-state index contributed by atoms with van der Waals surface area (Å²) in [7, 11) is 0. The number of carboxylic acids is 1. The predicted molar refractivity (Wildman–Crippen MR) is 67.9 cm³/mol. The SMILES string of the molecule is NC(CC1CCCC1)C(=O)NC(=O)[C@@H](N)CC(=O)O. The molecule has 0 aromatic heterocycles. The van der Waals surface area contributed by atoms with Crippen molar-refractivity contribution >= 4 is 17.8 Å². The fourth-order valence-electron chi connectivity index (χ4n) is 2.30. The van der Waals surface area contributed by atoms with Crippen LogP contribution in [0, 0.1) is 5.92 Å². The lowest BCUT2D eigenvalue weighted by Crippen LogP contribution is -2.50. The summed E-state index contributed by atoms with van der Waals surface area (Å²) in [4.78, 5) is 33.5. The number of carboxylic acid groups (broad SMARTS) is 1. The monoisotopic (exact) mass is 271 g/mol. The van der Waals surface area contributed by atoms with Crippen LogP contribution in [0.1, 0.15) is 38.5 Å². The second kappa shape index (κ2) is 7.20. The van der Waals surface area contributed by atoms with Crippen molar-refractivity contribution in [1.29, 1.82) is 0 Å². The maximum atomic E-state index is 11.7. The second-order valence-electron chi connectivity index (χ2n) is 5.05. The summed E-state index contributed by atoms with van der Waals surface area (Å²) in [6.45, 7) is 0. The van der Waals surface area contributed by atoms with Crippen LogP contribution in [0.2, 0.25) is 0 Å². The van der Waals surface area contributed by atoms with E-state index in [1.165, 1.54) is 0 Å². The first-order valence-corrected chi connectivity index (χ1v) is 6.47. The molecule has 0 spiro atoms. The van der Waals surface area contributed by atoms with Crippen molar-refractivity contribution in [2.45, 2.75) is 50.6 Å². The van der Waals surface area contributed by atoms with Crippen molar-refractivity contribution in [2.75, 3.05) is 0 Å². The third-order valence-electron chi connectivity index (χ3n) is 3.38. The van der Waals surface area contributed by atoms with Crippen LogP contribution >= 0.6 is 0 Å². The second-order valence-corrected chi connectivity index (χ2v) is 5.05. The highest BCUT2D eigenvalue weighted by molar-refractivity contribution is 6.00. The Morgan fingerprint density at radius 3 is 2.16 bits per heavy atom. The highest BCUT2D eigenvalue weighted by Crippen LogP contribution is 2.28. The molecule has 2 amide bonds. The number of aliphatic carboxylic acids is 1. The van der Waals surface area contributed by atoms with E-state index in [-0.39, 0.29) is 0 Å². The molecule has 7 nitrogen and oxygen atoms in total. The first-order valence-electron chi connectivity index (χ1n) is 6.47. The molecule has 1 fully saturated rings. The Morgan fingerprint density at radius 2 is 1.63 bits per heavy atom. The zero-order valence-electron chi connectivity index (χ0n) is 10.8. The molecule has 0 bridgehead atoms. The van der Waals surface area contributed by atoms with Gasteiger partial charge in [-0.15, -0.1) is 0 Å². The van der Waals surface area contributed by atoms with Gasteiger partial charge in [0.15, 0.2) is 0 Å². The topological polar surface area (TPSA) is 136 Å². The summed E-state index contributed by atoms with van der Waals surface area (Å²) in [5, 5.41) is 10.6. The lowest BCUT2D eigenvalue weighted by Gasteiger charge is -2.16. The zero-order chi connectivity index (χ0) is 14.4. The summed E-state index contributed by atoms with van der Waals surface area (Å²) < 4.78 is 0. The van der Waals surface area contributed by atoms with Gasteiger partial charge in [0.05, 0.1) is 18.5 Å². The Balaban J connectivity index is 2.35. The third-order valence-corrected chi connectivity index (χ3v) is 3.38. The number of rotatable bonds is 6. The van der Waals surface area contributed by atoms with E-state index in [0.29, 0.717) is 12.3 Å². The highest BCUT2D eigenvalue weighted by Gasteiger charge is 2.25. The lowest BCUT2D eigenvalue weighted by atomic mass is 9.98. The maximum Gasteiger partial charge on any atom is 0.305 e. The molecule has 0 radical (unpaired) electrons. The molecule has 1 aliphatic rings. The molecule has 1 unspecified atom stereocenters. The van der Waals surface area contributed by atoms with Crippen molar-refractivity contribution in [1.82, 2.24) is 5.32 Å². The molecule has 108 valence electrons. The Hall–Kier alpha value is -1.47. The van der Waals surface area contributed by atoms with Crippen LogP contribution in [0.15, 0.2) is 0 Å². The Kier molecular flexibility index (Phi) is 5.91. The highest BCUT2D eigenvalue weighted by atomic mass is 16.4. The van der Waals surface area contributed by atoms with Gasteiger partial charge in [0.2, 0.25) is 11.8 Å². The fraction of sp³-hybridized carbons (Fsp3) is 0.750. The van der Waals surface area contributed by atoms with Crippen molar-refractivity contribution in [3.05, 3.63) is 0 Å². The van der Waals surface area contributed by atoms with Gasteiger partial charge in [-0.05, 0) is 12.3 Å². The summed E-state index contributed by atoms with van der Waals surface area (Å²) in [6, 6.07) is -1.98. The number of hydrogen-bond donors (Lipinski definition) is 4. The number of amides is 2. The first kappa shape index (κ1) is 15.6. The van der Waals surface area contributed by atoms with Crippen molar-refractivity contribution in [3.63, 3.8) is 0 Å².